The standard InChI is InChI=1S/C16H24N2/c1-2-12-6-3-4-8-15(12)18-11-10-13-14(17)7-5-9-16(13)18/h5,7,9,12,15H,2-4,6,8,10-11,17H2,1H3. The smallest absolute Gasteiger partial charge is 0.0422 e. The average Bonchev–Trinajstić information content (AvgIpc) is 2.84. The summed E-state index contributed by atoms with van der Waals surface area (Å²) in [5.74, 6) is 0.881. The van der Waals surface area contributed by atoms with E-state index in [-0.39, 0.29) is 0 Å². The van der Waals surface area contributed by atoms with E-state index < -0.39 is 0 Å². The Morgan fingerprint density at radius 1 is 1.28 bits per heavy atom. The number of nitrogens with two attached hydrogens (primary N) is 1. The van der Waals surface area contributed by atoms with Gasteiger partial charge in [-0.1, -0.05) is 32.3 Å². The van der Waals surface area contributed by atoms with Crippen LogP contribution in [-0.2, 0) is 6.42 Å². The highest BCUT2D eigenvalue weighted by Gasteiger charge is 2.33. The number of nitrogens with zero attached hydrogens (tertiary/aromatic N) is 1. The molecule has 1 aliphatic heterocycles. The quantitative estimate of drug-likeness (QED) is 0.805. The second-order valence-corrected chi connectivity index (χ2v) is 5.81. The van der Waals surface area contributed by atoms with E-state index in [1.807, 2.05) is 6.07 Å². The van der Waals surface area contributed by atoms with Crippen molar-refractivity contribution in [3.05, 3.63) is 23.8 Å². The molecule has 18 heavy (non-hydrogen) atoms. The van der Waals surface area contributed by atoms with Crippen LogP contribution in [0.5, 0.6) is 0 Å². The molecule has 0 amide bonds. The van der Waals surface area contributed by atoms with Crippen LogP contribution < -0.4 is 10.6 Å². The number of nitrogen functional groups attached to an aromatic ring is 1. The van der Waals surface area contributed by atoms with E-state index in [2.05, 4.69) is 24.0 Å². The first-order valence-corrected chi connectivity index (χ1v) is 7.45. The second-order valence-electron chi connectivity index (χ2n) is 5.81. The molecule has 0 bridgehead atoms. The fourth-order valence-electron chi connectivity index (χ4n) is 3.91. The molecule has 98 valence electrons. The molecule has 2 atom stereocenters. The summed E-state index contributed by atoms with van der Waals surface area (Å²) in [6.07, 6.45) is 8.05. The van der Waals surface area contributed by atoms with Crippen molar-refractivity contribution in [3.8, 4) is 0 Å². The second kappa shape index (κ2) is 4.83. The van der Waals surface area contributed by atoms with Crippen LogP contribution in [0.15, 0.2) is 18.2 Å². The molecule has 1 aromatic rings. The summed E-state index contributed by atoms with van der Waals surface area (Å²) in [6, 6.07) is 7.17. The average molecular weight is 244 g/mol. The maximum absolute atomic E-state index is 6.10. The Bertz CT molecular complexity index is 427. The van der Waals surface area contributed by atoms with Crippen molar-refractivity contribution in [1.82, 2.24) is 0 Å². The maximum atomic E-state index is 6.10. The Morgan fingerprint density at radius 2 is 2.11 bits per heavy atom. The SMILES string of the molecule is CCC1CCCCC1N1CCc2c(N)cccc21. The van der Waals surface area contributed by atoms with Crippen LogP contribution in [0.2, 0.25) is 0 Å². The normalized spacial score (nSPS) is 27.3. The first-order chi connectivity index (χ1) is 8.81. The van der Waals surface area contributed by atoms with Crippen molar-refractivity contribution >= 4 is 11.4 Å². The van der Waals surface area contributed by atoms with Crippen LogP contribution in [0.4, 0.5) is 11.4 Å². The molecular weight excluding hydrogens is 220 g/mol. The fraction of sp³-hybridized carbons (Fsp3) is 0.625. The molecule has 1 aliphatic carbocycles. The Kier molecular flexibility index (Phi) is 3.19. The van der Waals surface area contributed by atoms with Crippen molar-refractivity contribution in [3.63, 3.8) is 0 Å². The van der Waals surface area contributed by atoms with Crippen LogP contribution in [0.3, 0.4) is 0 Å². The van der Waals surface area contributed by atoms with Gasteiger partial charge in [0.15, 0.2) is 0 Å². The highest BCUT2D eigenvalue weighted by atomic mass is 15.2. The molecule has 2 unspecified atom stereocenters. The third kappa shape index (κ3) is 1.88. The summed E-state index contributed by atoms with van der Waals surface area (Å²) in [7, 11) is 0. The molecule has 2 nitrogen and oxygen atoms in total. The highest BCUT2D eigenvalue weighted by molar-refractivity contribution is 5.68. The molecule has 1 fully saturated rings. The number of hydrogen-bond donors (Lipinski definition) is 1. The molecule has 1 heterocycles. The van der Waals surface area contributed by atoms with Crippen molar-refractivity contribution in [2.45, 2.75) is 51.5 Å². The number of fused-ring (bicyclic) bond motifs is 1. The van der Waals surface area contributed by atoms with E-state index in [9.17, 15) is 0 Å². The summed E-state index contributed by atoms with van der Waals surface area (Å²) in [5, 5.41) is 0. The Hall–Kier alpha value is -1.18. The highest BCUT2D eigenvalue weighted by Crippen LogP contribution is 2.39. The molecule has 2 aliphatic rings. The van der Waals surface area contributed by atoms with Gasteiger partial charge in [0, 0.05) is 29.5 Å². The molecule has 1 saturated carbocycles. The van der Waals surface area contributed by atoms with Crippen molar-refractivity contribution in [1.29, 1.82) is 0 Å². The van der Waals surface area contributed by atoms with Gasteiger partial charge in [0.1, 0.15) is 0 Å². The molecular formula is C16H24N2. The Balaban J connectivity index is 1.89. The van der Waals surface area contributed by atoms with Gasteiger partial charge in [0.25, 0.3) is 0 Å². The number of hydrogen-bond acceptors (Lipinski definition) is 2. The molecule has 0 saturated heterocycles. The minimum absolute atomic E-state index is 0.756. The lowest BCUT2D eigenvalue weighted by molar-refractivity contribution is 0.288. The van der Waals surface area contributed by atoms with Gasteiger partial charge in [-0.2, -0.15) is 0 Å². The van der Waals surface area contributed by atoms with Crippen LogP contribution in [0.25, 0.3) is 0 Å². The van der Waals surface area contributed by atoms with E-state index in [0.717, 1.165) is 24.1 Å². The Morgan fingerprint density at radius 3 is 2.94 bits per heavy atom. The molecule has 3 rings (SSSR count). The van der Waals surface area contributed by atoms with Gasteiger partial charge in [-0.05, 0) is 37.3 Å². The predicted octanol–water partition coefficient (Wildman–Crippen LogP) is 3.60. The maximum Gasteiger partial charge on any atom is 0.0422 e. The first-order valence-electron chi connectivity index (χ1n) is 7.45. The van der Waals surface area contributed by atoms with Gasteiger partial charge < -0.3 is 10.6 Å². The number of benzene rings is 1. The van der Waals surface area contributed by atoms with Gasteiger partial charge >= 0.3 is 0 Å². The predicted molar refractivity (Wildman–Crippen MR) is 77.9 cm³/mol. The molecule has 1 aromatic carbocycles. The van der Waals surface area contributed by atoms with E-state index >= 15 is 0 Å². The minimum Gasteiger partial charge on any atom is -0.398 e. The van der Waals surface area contributed by atoms with E-state index in [1.165, 1.54) is 49.9 Å². The molecule has 0 spiro atoms. The van der Waals surface area contributed by atoms with Gasteiger partial charge in [0.2, 0.25) is 0 Å². The summed E-state index contributed by atoms with van der Waals surface area (Å²) in [6.45, 7) is 3.52. The van der Waals surface area contributed by atoms with Crippen molar-refractivity contribution in [2.75, 3.05) is 17.2 Å². The van der Waals surface area contributed by atoms with Crippen molar-refractivity contribution in [2.24, 2.45) is 5.92 Å². The zero-order valence-electron chi connectivity index (χ0n) is 11.4. The van der Waals surface area contributed by atoms with Gasteiger partial charge in [-0.3, -0.25) is 0 Å². The van der Waals surface area contributed by atoms with E-state index in [4.69, 9.17) is 5.73 Å². The summed E-state index contributed by atoms with van der Waals surface area (Å²) in [5.41, 5.74) is 9.89. The van der Waals surface area contributed by atoms with Crippen LogP contribution >= 0.6 is 0 Å². The largest absolute Gasteiger partial charge is 0.398 e. The third-order valence-electron chi connectivity index (χ3n) is 4.89. The van der Waals surface area contributed by atoms with Gasteiger partial charge in [0.05, 0.1) is 0 Å². The van der Waals surface area contributed by atoms with Crippen molar-refractivity contribution < 1.29 is 0 Å². The molecule has 0 aromatic heterocycles. The minimum atomic E-state index is 0.756. The lowest BCUT2D eigenvalue weighted by atomic mass is 9.82. The molecule has 2 heteroatoms. The lowest BCUT2D eigenvalue weighted by Crippen LogP contribution is -2.41. The summed E-state index contributed by atoms with van der Waals surface area (Å²) < 4.78 is 0. The first kappa shape index (κ1) is 11.9. The molecule has 2 N–H and O–H groups in total. The zero-order valence-corrected chi connectivity index (χ0v) is 11.4. The van der Waals surface area contributed by atoms with Crippen LogP contribution in [0, 0.1) is 5.92 Å². The molecule has 0 radical (unpaired) electrons. The zero-order chi connectivity index (χ0) is 12.5. The summed E-state index contributed by atoms with van der Waals surface area (Å²) >= 11 is 0. The lowest BCUT2D eigenvalue weighted by Gasteiger charge is -2.39. The van der Waals surface area contributed by atoms with Gasteiger partial charge in [-0.25, -0.2) is 0 Å². The third-order valence-corrected chi connectivity index (χ3v) is 4.89. The Labute approximate surface area is 110 Å². The van der Waals surface area contributed by atoms with E-state index in [0.29, 0.717) is 0 Å². The number of anilines is 2. The van der Waals surface area contributed by atoms with Gasteiger partial charge in [-0.15, -0.1) is 0 Å². The van der Waals surface area contributed by atoms with Crippen LogP contribution in [-0.4, -0.2) is 12.6 Å². The number of rotatable bonds is 2. The fourth-order valence-corrected chi connectivity index (χ4v) is 3.91. The van der Waals surface area contributed by atoms with Crippen LogP contribution in [0.1, 0.15) is 44.6 Å². The topological polar surface area (TPSA) is 29.3 Å². The monoisotopic (exact) mass is 244 g/mol. The van der Waals surface area contributed by atoms with E-state index in [1.54, 1.807) is 0 Å². The summed E-state index contributed by atoms with van der Waals surface area (Å²) in [4.78, 5) is 2.65.